The number of thiophene rings is 1. The Kier molecular flexibility index (Phi) is 5.05. The van der Waals surface area contributed by atoms with E-state index in [0.29, 0.717) is 5.41 Å². The molecule has 1 aromatic heterocycles. The first-order valence-electron chi connectivity index (χ1n) is 7.02. The van der Waals surface area contributed by atoms with Gasteiger partial charge in [-0.25, -0.2) is 0 Å². The Morgan fingerprint density at radius 1 is 1.24 bits per heavy atom. The van der Waals surface area contributed by atoms with Crippen molar-refractivity contribution in [1.29, 1.82) is 0 Å². The van der Waals surface area contributed by atoms with Gasteiger partial charge in [-0.1, -0.05) is 25.3 Å². The molecule has 96 valence electrons. The van der Waals surface area contributed by atoms with Crippen LogP contribution in [0.3, 0.4) is 0 Å². The molecule has 0 radical (unpaired) electrons. The monoisotopic (exact) mass is 251 g/mol. The van der Waals surface area contributed by atoms with E-state index in [1.165, 1.54) is 57.9 Å². The zero-order valence-corrected chi connectivity index (χ0v) is 11.8. The second-order valence-corrected chi connectivity index (χ2v) is 6.53. The Morgan fingerprint density at radius 2 is 2.06 bits per heavy atom. The van der Waals surface area contributed by atoms with E-state index in [4.69, 9.17) is 0 Å². The van der Waals surface area contributed by atoms with Crippen molar-refractivity contribution >= 4 is 11.3 Å². The largest absolute Gasteiger partial charge is 0.320 e. The molecule has 1 N–H and O–H groups in total. The van der Waals surface area contributed by atoms with Crippen LogP contribution < -0.4 is 5.32 Å². The lowest BCUT2D eigenvalue weighted by Crippen LogP contribution is -2.28. The van der Waals surface area contributed by atoms with Crippen molar-refractivity contribution in [3.8, 4) is 0 Å². The lowest BCUT2D eigenvalue weighted by Gasteiger charge is -2.37. The standard InChI is InChI=1S/C15H25NS/c1-16-12-11-15(8-3-2-4-9-15)10-7-14-6-5-13-17-14/h5-6,13,16H,2-4,7-12H2,1H3. The molecule has 0 spiro atoms. The van der Waals surface area contributed by atoms with Crippen LogP contribution in [0.4, 0.5) is 0 Å². The molecule has 0 unspecified atom stereocenters. The second-order valence-electron chi connectivity index (χ2n) is 5.49. The maximum absolute atomic E-state index is 3.34. The normalized spacial score (nSPS) is 19.4. The van der Waals surface area contributed by atoms with Crippen molar-refractivity contribution in [2.75, 3.05) is 13.6 Å². The van der Waals surface area contributed by atoms with Crippen molar-refractivity contribution in [2.24, 2.45) is 5.41 Å². The van der Waals surface area contributed by atoms with Crippen LogP contribution in [0.2, 0.25) is 0 Å². The molecule has 17 heavy (non-hydrogen) atoms. The van der Waals surface area contributed by atoms with Crippen molar-refractivity contribution in [3.63, 3.8) is 0 Å². The van der Waals surface area contributed by atoms with E-state index in [2.05, 4.69) is 29.9 Å². The number of aryl methyl sites for hydroxylation is 1. The molecule has 0 saturated heterocycles. The van der Waals surface area contributed by atoms with Gasteiger partial charge in [0.25, 0.3) is 0 Å². The summed E-state index contributed by atoms with van der Waals surface area (Å²) in [6.07, 6.45) is 11.3. The molecule has 1 heterocycles. The minimum absolute atomic E-state index is 0.644. The van der Waals surface area contributed by atoms with E-state index in [0.717, 1.165) is 0 Å². The lowest BCUT2D eigenvalue weighted by molar-refractivity contribution is 0.158. The van der Waals surface area contributed by atoms with Gasteiger partial charge in [0.1, 0.15) is 0 Å². The quantitative estimate of drug-likeness (QED) is 0.797. The predicted molar refractivity (Wildman–Crippen MR) is 76.7 cm³/mol. The Labute approximate surface area is 110 Å². The molecule has 1 fully saturated rings. The van der Waals surface area contributed by atoms with Gasteiger partial charge in [0.05, 0.1) is 0 Å². The van der Waals surface area contributed by atoms with Crippen molar-refractivity contribution in [2.45, 2.75) is 51.4 Å². The summed E-state index contributed by atoms with van der Waals surface area (Å²) in [4.78, 5) is 1.57. The molecule has 1 saturated carbocycles. The molecule has 0 aromatic carbocycles. The summed E-state index contributed by atoms with van der Waals surface area (Å²) < 4.78 is 0. The van der Waals surface area contributed by atoms with Crippen LogP contribution in [0.25, 0.3) is 0 Å². The molecule has 1 nitrogen and oxygen atoms in total. The van der Waals surface area contributed by atoms with Crippen molar-refractivity contribution in [1.82, 2.24) is 5.32 Å². The van der Waals surface area contributed by atoms with Gasteiger partial charge in [-0.15, -0.1) is 11.3 Å². The molecule has 0 aliphatic heterocycles. The Morgan fingerprint density at radius 3 is 2.71 bits per heavy atom. The molecule has 0 bridgehead atoms. The number of hydrogen-bond donors (Lipinski definition) is 1. The first kappa shape index (κ1) is 13.1. The van der Waals surface area contributed by atoms with Crippen LogP contribution in [0.5, 0.6) is 0 Å². The zero-order chi connectivity index (χ0) is 12.0. The van der Waals surface area contributed by atoms with Crippen LogP contribution >= 0.6 is 11.3 Å². The van der Waals surface area contributed by atoms with Gasteiger partial charge in [-0.3, -0.25) is 0 Å². The maximum Gasteiger partial charge on any atom is 0.00454 e. The van der Waals surface area contributed by atoms with Gasteiger partial charge in [0.15, 0.2) is 0 Å². The maximum atomic E-state index is 3.34. The first-order valence-corrected chi connectivity index (χ1v) is 7.90. The van der Waals surface area contributed by atoms with Crippen LogP contribution in [-0.2, 0) is 6.42 Å². The summed E-state index contributed by atoms with van der Waals surface area (Å²) in [6, 6.07) is 4.47. The van der Waals surface area contributed by atoms with E-state index >= 15 is 0 Å². The number of rotatable bonds is 6. The molecule has 2 heteroatoms. The molecule has 0 atom stereocenters. The van der Waals surface area contributed by atoms with E-state index < -0.39 is 0 Å². The minimum atomic E-state index is 0.644. The van der Waals surface area contributed by atoms with Gasteiger partial charge < -0.3 is 5.32 Å². The minimum Gasteiger partial charge on any atom is -0.320 e. The third kappa shape index (κ3) is 3.82. The first-order chi connectivity index (χ1) is 8.35. The summed E-state index contributed by atoms with van der Waals surface area (Å²) in [5, 5.41) is 5.54. The van der Waals surface area contributed by atoms with E-state index in [-0.39, 0.29) is 0 Å². The zero-order valence-electron chi connectivity index (χ0n) is 11.0. The molecular formula is C15H25NS. The van der Waals surface area contributed by atoms with Crippen LogP contribution in [0, 0.1) is 5.41 Å². The predicted octanol–water partition coefficient (Wildman–Crippen LogP) is 4.24. The van der Waals surface area contributed by atoms with E-state index in [1.54, 1.807) is 4.88 Å². The van der Waals surface area contributed by atoms with Crippen molar-refractivity contribution in [3.05, 3.63) is 22.4 Å². The number of nitrogens with one attached hydrogen (secondary N) is 1. The Hall–Kier alpha value is -0.340. The summed E-state index contributed by atoms with van der Waals surface area (Å²) in [7, 11) is 2.08. The SMILES string of the molecule is CNCCC1(CCc2cccs2)CCCCC1. The number of hydrogen-bond acceptors (Lipinski definition) is 2. The van der Waals surface area contributed by atoms with E-state index in [1.807, 2.05) is 11.3 Å². The van der Waals surface area contributed by atoms with E-state index in [9.17, 15) is 0 Å². The van der Waals surface area contributed by atoms with Gasteiger partial charge >= 0.3 is 0 Å². The topological polar surface area (TPSA) is 12.0 Å². The fourth-order valence-corrected chi connectivity index (χ4v) is 3.87. The molecule has 1 aromatic rings. The third-order valence-corrected chi connectivity index (χ3v) is 5.24. The Bertz CT molecular complexity index is 299. The average Bonchev–Trinajstić information content (AvgIpc) is 2.89. The fourth-order valence-electron chi connectivity index (χ4n) is 3.16. The van der Waals surface area contributed by atoms with Gasteiger partial charge in [0, 0.05) is 4.88 Å². The smallest absolute Gasteiger partial charge is 0.00454 e. The molecule has 0 amide bonds. The second kappa shape index (κ2) is 6.55. The molecule has 1 aliphatic rings. The lowest BCUT2D eigenvalue weighted by atomic mass is 9.69. The summed E-state index contributed by atoms with van der Waals surface area (Å²) in [6.45, 7) is 1.18. The van der Waals surface area contributed by atoms with Gasteiger partial charge in [-0.2, -0.15) is 0 Å². The third-order valence-electron chi connectivity index (χ3n) is 4.30. The van der Waals surface area contributed by atoms with Crippen LogP contribution in [0.15, 0.2) is 17.5 Å². The van der Waals surface area contributed by atoms with Gasteiger partial charge in [0.2, 0.25) is 0 Å². The Balaban J connectivity index is 1.90. The molecule has 2 rings (SSSR count). The van der Waals surface area contributed by atoms with Crippen LogP contribution in [0.1, 0.15) is 49.8 Å². The molecular weight excluding hydrogens is 226 g/mol. The highest BCUT2D eigenvalue weighted by molar-refractivity contribution is 7.09. The highest BCUT2D eigenvalue weighted by Gasteiger charge is 2.30. The highest BCUT2D eigenvalue weighted by Crippen LogP contribution is 2.43. The average molecular weight is 251 g/mol. The summed E-state index contributed by atoms with van der Waals surface area (Å²) >= 11 is 1.92. The molecule has 1 aliphatic carbocycles. The fraction of sp³-hybridized carbons (Fsp3) is 0.733. The summed E-state index contributed by atoms with van der Waals surface area (Å²) in [5.74, 6) is 0. The summed E-state index contributed by atoms with van der Waals surface area (Å²) in [5.41, 5.74) is 0.644. The van der Waals surface area contributed by atoms with Crippen molar-refractivity contribution < 1.29 is 0 Å². The van der Waals surface area contributed by atoms with Gasteiger partial charge in [-0.05, 0) is 62.6 Å². The van der Waals surface area contributed by atoms with Crippen LogP contribution in [-0.4, -0.2) is 13.6 Å². The highest BCUT2D eigenvalue weighted by atomic mass is 32.1.